The predicted octanol–water partition coefficient (Wildman–Crippen LogP) is 5.97. The Kier molecular flexibility index (Phi) is 6.12. The summed E-state index contributed by atoms with van der Waals surface area (Å²) in [5.41, 5.74) is 7.67. The first kappa shape index (κ1) is 28.5. The molecule has 0 radical (unpaired) electrons. The zero-order valence-corrected chi connectivity index (χ0v) is 26.2. The molecule has 1 aliphatic carbocycles. The van der Waals surface area contributed by atoms with Crippen molar-refractivity contribution in [2.24, 2.45) is 5.92 Å². The van der Waals surface area contributed by atoms with Gasteiger partial charge in [-0.15, -0.1) is 0 Å². The van der Waals surface area contributed by atoms with Crippen molar-refractivity contribution in [3.8, 4) is 17.1 Å². The minimum absolute atomic E-state index is 0.0314. The Morgan fingerprint density at radius 3 is 2.57 bits per heavy atom. The van der Waals surface area contributed by atoms with Crippen LogP contribution in [0.4, 0.5) is 24.1 Å². The van der Waals surface area contributed by atoms with Crippen molar-refractivity contribution >= 4 is 43.4 Å². The molecule has 5 aliphatic rings. The highest BCUT2D eigenvalue weighted by Gasteiger charge is 2.53. The van der Waals surface area contributed by atoms with Gasteiger partial charge in [-0.05, 0) is 62.6 Å². The SMILES string of the molecule is C=C1CN2CC(=C)CC2(COc2nc(N3C[C@@H]4CC[C@](C5CC5)(C3)N4)c3cc(F)c(-c4ccc(F)c5sc(N)nc45)c(F)c3n2)C1. The molecule has 4 aromatic rings. The van der Waals surface area contributed by atoms with Gasteiger partial charge >= 0.3 is 6.01 Å². The van der Waals surface area contributed by atoms with Crippen LogP contribution in [0.1, 0.15) is 38.5 Å². The Bertz CT molecular complexity index is 1970. The molecule has 2 atom stereocenters. The molecular weight excluding hydrogens is 611 g/mol. The summed E-state index contributed by atoms with van der Waals surface area (Å²) >= 11 is 0.938. The Labute approximate surface area is 268 Å². The fourth-order valence-corrected chi connectivity index (χ4v) is 9.49. The number of nitrogens with zero attached hydrogens (tertiary/aromatic N) is 5. The van der Waals surface area contributed by atoms with Crippen molar-refractivity contribution in [3.63, 3.8) is 0 Å². The third-order valence-electron chi connectivity index (χ3n) is 10.8. The number of hydrogen-bond donors (Lipinski definition) is 2. The second-order valence-electron chi connectivity index (χ2n) is 14.0. The van der Waals surface area contributed by atoms with E-state index in [0.717, 1.165) is 61.3 Å². The maximum absolute atomic E-state index is 16.8. The summed E-state index contributed by atoms with van der Waals surface area (Å²) in [4.78, 5) is 18.2. The molecule has 5 fully saturated rings. The van der Waals surface area contributed by atoms with Gasteiger partial charge in [0.1, 0.15) is 29.6 Å². The fraction of sp³-hybridized carbons (Fsp3) is 0.441. The summed E-state index contributed by atoms with van der Waals surface area (Å²) in [7, 11) is 0. The fourth-order valence-electron chi connectivity index (χ4n) is 8.72. The molecule has 46 heavy (non-hydrogen) atoms. The normalized spacial score (nSPS) is 25.7. The Balaban J connectivity index is 1.19. The molecule has 238 valence electrons. The molecule has 0 spiro atoms. The van der Waals surface area contributed by atoms with Gasteiger partial charge in [-0.2, -0.15) is 9.97 Å². The number of anilines is 2. The van der Waals surface area contributed by atoms with E-state index < -0.39 is 17.5 Å². The molecule has 2 bridgehead atoms. The van der Waals surface area contributed by atoms with Crippen molar-refractivity contribution in [2.45, 2.75) is 55.6 Å². The number of nitrogens with one attached hydrogen (secondary N) is 1. The molecule has 4 saturated heterocycles. The highest BCUT2D eigenvalue weighted by Crippen LogP contribution is 2.49. The highest BCUT2D eigenvalue weighted by atomic mass is 32.1. The minimum atomic E-state index is -0.874. The summed E-state index contributed by atoms with van der Waals surface area (Å²) in [5, 5.41) is 4.25. The van der Waals surface area contributed by atoms with E-state index in [1.54, 1.807) is 0 Å². The summed E-state index contributed by atoms with van der Waals surface area (Å²) in [5.74, 6) is -1.18. The Morgan fingerprint density at radius 1 is 1.02 bits per heavy atom. The van der Waals surface area contributed by atoms with Gasteiger partial charge < -0.3 is 20.7 Å². The molecule has 1 saturated carbocycles. The van der Waals surface area contributed by atoms with E-state index in [4.69, 9.17) is 15.5 Å². The number of hydrogen-bond acceptors (Lipinski definition) is 9. The van der Waals surface area contributed by atoms with Crippen LogP contribution in [0.3, 0.4) is 0 Å². The average molecular weight is 646 g/mol. The molecule has 8 nitrogen and oxygen atoms in total. The van der Waals surface area contributed by atoms with Crippen LogP contribution in [0, 0.1) is 23.4 Å². The van der Waals surface area contributed by atoms with Crippen LogP contribution < -0.4 is 20.7 Å². The van der Waals surface area contributed by atoms with E-state index in [-0.39, 0.29) is 60.5 Å². The van der Waals surface area contributed by atoms with Crippen molar-refractivity contribution in [1.82, 2.24) is 25.2 Å². The lowest BCUT2D eigenvalue weighted by Crippen LogP contribution is -2.61. The van der Waals surface area contributed by atoms with E-state index >= 15 is 8.78 Å². The number of piperazine rings is 1. The Hall–Kier alpha value is -3.74. The van der Waals surface area contributed by atoms with E-state index in [1.807, 2.05) is 0 Å². The monoisotopic (exact) mass is 645 g/mol. The molecule has 12 heteroatoms. The van der Waals surface area contributed by atoms with Crippen LogP contribution in [0.25, 0.3) is 32.2 Å². The van der Waals surface area contributed by atoms with Crippen LogP contribution in [0.2, 0.25) is 0 Å². The van der Waals surface area contributed by atoms with Gasteiger partial charge in [-0.1, -0.05) is 35.6 Å². The lowest BCUT2D eigenvalue weighted by molar-refractivity contribution is 0.108. The molecule has 9 rings (SSSR count). The van der Waals surface area contributed by atoms with Crippen LogP contribution >= 0.6 is 11.3 Å². The summed E-state index contributed by atoms with van der Waals surface area (Å²) in [6.07, 6.45) is 6.04. The van der Waals surface area contributed by atoms with Gasteiger partial charge in [-0.3, -0.25) is 4.90 Å². The van der Waals surface area contributed by atoms with Gasteiger partial charge in [0, 0.05) is 48.7 Å². The topological polar surface area (TPSA) is 92.4 Å². The van der Waals surface area contributed by atoms with Gasteiger partial charge in [0.25, 0.3) is 0 Å². The van der Waals surface area contributed by atoms with E-state index in [2.05, 4.69) is 38.2 Å². The second-order valence-corrected chi connectivity index (χ2v) is 15.0. The van der Waals surface area contributed by atoms with Crippen LogP contribution in [0.5, 0.6) is 6.01 Å². The minimum Gasteiger partial charge on any atom is -0.461 e. The smallest absolute Gasteiger partial charge is 0.319 e. The quantitative estimate of drug-likeness (QED) is 0.248. The highest BCUT2D eigenvalue weighted by molar-refractivity contribution is 7.22. The number of thiazole rings is 1. The molecule has 2 aromatic carbocycles. The molecule has 2 aromatic heterocycles. The van der Waals surface area contributed by atoms with Gasteiger partial charge in [0.15, 0.2) is 10.9 Å². The first-order valence-corrected chi connectivity index (χ1v) is 16.7. The standard InChI is InChI=1S/C34H34F3N7OS/c1-17-10-33(11-18(2)13-44(33)12-17)16-45-32-40-27-22(30(41-32)43-14-20-7-8-34(15-43,42-20)19-3-4-19)9-24(36)25(26(27)37)21-5-6-23(35)29-28(21)39-31(38)46-29/h5-6,9,19-20,42H,1-4,7-8,10-16H2,(H2,38,39)/t20-,34+/m0/s1. The number of fused-ring (bicyclic) bond motifs is 5. The number of rotatable bonds is 6. The molecule has 3 N–H and O–H groups in total. The Morgan fingerprint density at radius 2 is 1.80 bits per heavy atom. The lowest BCUT2D eigenvalue weighted by Gasteiger charge is -2.42. The summed E-state index contributed by atoms with van der Waals surface area (Å²) in [6.45, 7) is 11.6. The molecular formula is C34H34F3N7OS. The lowest BCUT2D eigenvalue weighted by atomic mass is 9.90. The number of aromatic nitrogens is 3. The zero-order valence-electron chi connectivity index (χ0n) is 25.3. The second kappa shape index (κ2) is 9.88. The molecule has 0 amide bonds. The average Bonchev–Trinajstić information content (AvgIpc) is 3.53. The maximum Gasteiger partial charge on any atom is 0.319 e. The van der Waals surface area contributed by atoms with Crippen molar-refractivity contribution in [2.75, 3.05) is 43.4 Å². The largest absolute Gasteiger partial charge is 0.461 e. The van der Waals surface area contributed by atoms with Crippen molar-refractivity contribution < 1.29 is 17.9 Å². The third-order valence-corrected chi connectivity index (χ3v) is 11.6. The van der Waals surface area contributed by atoms with Crippen LogP contribution in [-0.4, -0.2) is 69.8 Å². The number of halogens is 3. The summed E-state index contributed by atoms with van der Waals surface area (Å²) < 4.78 is 54.2. The van der Waals surface area contributed by atoms with Crippen LogP contribution in [-0.2, 0) is 0 Å². The zero-order chi connectivity index (χ0) is 31.5. The summed E-state index contributed by atoms with van der Waals surface area (Å²) in [6, 6.07) is 4.12. The van der Waals surface area contributed by atoms with Gasteiger partial charge in [0.2, 0.25) is 0 Å². The van der Waals surface area contributed by atoms with Gasteiger partial charge in [0.05, 0.1) is 21.3 Å². The van der Waals surface area contributed by atoms with Crippen LogP contribution in [0.15, 0.2) is 42.5 Å². The maximum atomic E-state index is 16.8. The van der Waals surface area contributed by atoms with E-state index in [1.165, 1.54) is 31.0 Å². The van der Waals surface area contributed by atoms with Crippen molar-refractivity contribution in [3.05, 3.63) is 60.0 Å². The number of ether oxygens (including phenoxy) is 1. The van der Waals surface area contributed by atoms with E-state index in [0.29, 0.717) is 31.4 Å². The molecule has 4 aliphatic heterocycles. The number of benzene rings is 2. The first-order valence-electron chi connectivity index (χ1n) is 15.9. The molecule has 0 unspecified atom stereocenters. The van der Waals surface area contributed by atoms with Gasteiger partial charge in [-0.25, -0.2) is 18.2 Å². The van der Waals surface area contributed by atoms with Crippen molar-refractivity contribution in [1.29, 1.82) is 0 Å². The third kappa shape index (κ3) is 4.29. The molecule has 6 heterocycles. The van der Waals surface area contributed by atoms with E-state index in [9.17, 15) is 4.39 Å². The number of nitrogens with two attached hydrogens (primary N) is 1. The number of nitrogen functional groups attached to an aromatic ring is 1. The first-order chi connectivity index (χ1) is 22.1. The predicted molar refractivity (Wildman–Crippen MR) is 174 cm³/mol.